The minimum atomic E-state index is -0.989. The summed E-state index contributed by atoms with van der Waals surface area (Å²) in [7, 11) is 0. The molecule has 4 N–H and O–H groups in total. The van der Waals surface area contributed by atoms with Gasteiger partial charge in [-0.2, -0.15) is 11.0 Å². The van der Waals surface area contributed by atoms with Crippen molar-refractivity contribution in [2.45, 2.75) is 140 Å². The molecule has 5 rings (SSSR count). The van der Waals surface area contributed by atoms with Crippen LogP contribution in [0.1, 0.15) is 89.7 Å². The highest BCUT2D eigenvalue weighted by Gasteiger charge is 2.40. The minimum Gasteiger partial charge on any atom is -0.444 e. The highest BCUT2D eigenvalue weighted by molar-refractivity contribution is 5.70. The van der Waals surface area contributed by atoms with E-state index in [4.69, 9.17) is 23.9 Å². The first-order valence-electron chi connectivity index (χ1n) is 19.2. The summed E-state index contributed by atoms with van der Waals surface area (Å²) in [6.07, 6.45) is 6.78. The normalized spacial score (nSPS) is 20.7. The molecule has 1 saturated heterocycles. The van der Waals surface area contributed by atoms with Gasteiger partial charge in [-0.3, -0.25) is 14.6 Å². The monoisotopic (exact) mass is 724 g/mol. The fourth-order valence-corrected chi connectivity index (χ4v) is 7.28. The van der Waals surface area contributed by atoms with Crippen molar-refractivity contribution in [1.82, 2.24) is 21.2 Å². The number of nitrogens with zero attached hydrogens (tertiary/aromatic N) is 1. The van der Waals surface area contributed by atoms with Crippen molar-refractivity contribution in [1.29, 1.82) is 0 Å². The van der Waals surface area contributed by atoms with Crippen LogP contribution in [-0.4, -0.2) is 96.6 Å². The van der Waals surface area contributed by atoms with E-state index in [0.717, 1.165) is 62.5 Å². The van der Waals surface area contributed by atoms with Gasteiger partial charge in [-0.05, 0) is 76.8 Å². The van der Waals surface area contributed by atoms with Gasteiger partial charge in [-0.15, -0.1) is 0 Å². The van der Waals surface area contributed by atoms with Crippen molar-refractivity contribution in [3.63, 3.8) is 0 Å². The van der Waals surface area contributed by atoms with Gasteiger partial charge in [-0.25, -0.2) is 9.59 Å². The lowest BCUT2D eigenvalue weighted by atomic mass is 9.97. The maximum Gasteiger partial charge on any atom is 0.410 e. The maximum absolute atomic E-state index is 14.7. The van der Waals surface area contributed by atoms with Gasteiger partial charge in [0.05, 0.1) is 49.6 Å². The highest BCUT2D eigenvalue weighted by Crippen LogP contribution is 2.25. The number of aliphatic hydroxyl groups is 1. The van der Waals surface area contributed by atoms with E-state index in [-0.39, 0.29) is 31.3 Å². The van der Waals surface area contributed by atoms with Gasteiger partial charge in [0, 0.05) is 13.2 Å². The van der Waals surface area contributed by atoms with E-state index in [1.54, 1.807) is 25.7 Å². The molecule has 2 amide bonds. The predicted molar refractivity (Wildman–Crippen MR) is 197 cm³/mol. The molecule has 1 heterocycles. The van der Waals surface area contributed by atoms with Crippen molar-refractivity contribution >= 4 is 12.2 Å². The average molecular weight is 725 g/mol. The number of hydroxylamine groups is 2. The van der Waals surface area contributed by atoms with E-state index in [1.807, 2.05) is 60.7 Å². The number of nitrogens with one attached hydrogen (secondary N) is 3. The number of amides is 2. The van der Waals surface area contributed by atoms with Crippen LogP contribution in [0.4, 0.5) is 9.59 Å². The Morgan fingerprint density at radius 1 is 0.827 bits per heavy atom. The largest absolute Gasteiger partial charge is 0.444 e. The Balaban J connectivity index is 1.41. The topological polar surface area (TPSA) is 140 Å². The van der Waals surface area contributed by atoms with E-state index >= 15 is 0 Å². The number of ether oxygens (including phenoxy) is 3. The average Bonchev–Trinajstić information content (AvgIpc) is 3.93. The molecule has 5 atom stereocenters. The summed E-state index contributed by atoms with van der Waals surface area (Å²) in [5.74, 6) is 0. The summed E-state index contributed by atoms with van der Waals surface area (Å²) in [5, 5.41) is 14.8. The quantitative estimate of drug-likeness (QED) is 0.143. The number of carbonyl (C=O) groups excluding carboxylic acids is 2. The molecular formula is C40H60N4O8. The molecule has 2 aromatic carbocycles. The number of rotatable bonds is 18. The molecule has 0 spiro atoms. The van der Waals surface area contributed by atoms with Crippen molar-refractivity contribution in [2.24, 2.45) is 0 Å². The number of hydrogen-bond acceptors (Lipinski definition) is 10. The van der Waals surface area contributed by atoms with Gasteiger partial charge < -0.3 is 24.6 Å². The second-order valence-corrected chi connectivity index (χ2v) is 15.4. The van der Waals surface area contributed by atoms with Gasteiger partial charge >= 0.3 is 12.2 Å². The van der Waals surface area contributed by atoms with Gasteiger partial charge in [0.25, 0.3) is 0 Å². The number of aliphatic hydroxyl groups excluding tert-OH is 1. The predicted octanol–water partition coefficient (Wildman–Crippen LogP) is 5.62. The molecule has 0 bridgehead atoms. The third-order valence-electron chi connectivity index (χ3n) is 9.98. The van der Waals surface area contributed by atoms with E-state index in [2.05, 4.69) is 16.3 Å². The van der Waals surface area contributed by atoms with Crippen LogP contribution in [0, 0.1) is 0 Å². The Kier molecular flexibility index (Phi) is 15.6. The molecule has 12 nitrogen and oxygen atoms in total. The summed E-state index contributed by atoms with van der Waals surface area (Å²) in [6.45, 7) is 6.47. The smallest absolute Gasteiger partial charge is 0.410 e. The summed E-state index contributed by atoms with van der Waals surface area (Å²) in [5.41, 5.74) is 7.29. The van der Waals surface area contributed by atoms with Gasteiger partial charge in [-0.1, -0.05) is 86.3 Å². The van der Waals surface area contributed by atoms with Crippen molar-refractivity contribution < 1.29 is 38.6 Å². The Labute approximate surface area is 309 Å². The summed E-state index contributed by atoms with van der Waals surface area (Å²) in [4.78, 5) is 41.6. The second-order valence-electron chi connectivity index (χ2n) is 15.4. The number of benzene rings is 2. The molecule has 288 valence electrons. The molecule has 0 aromatic heterocycles. The van der Waals surface area contributed by atoms with Crippen LogP contribution in [-0.2, 0) is 36.7 Å². The number of alkyl carbamates (subject to hydrolysis) is 1. The van der Waals surface area contributed by atoms with E-state index in [1.165, 1.54) is 0 Å². The van der Waals surface area contributed by atoms with Gasteiger partial charge in [0.1, 0.15) is 11.7 Å². The molecule has 3 fully saturated rings. The second kappa shape index (κ2) is 20.3. The Morgan fingerprint density at radius 3 is 1.92 bits per heavy atom. The zero-order valence-electron chi connectivity index (χ0n) is 31.2. The van der Waals surface area contributed by atoms with Crippen LogP contribution in [0.25, 0.3) is 0 Å². The third-order valence-corrected chi connectivity index (χ3v) is 9.98. The molecule has 2 saturated carbocycles. The Hall–Kier alpha value is -3.26. The first-order chi connectivity index (χ1) is 25.1. The summed E-state index contributed by atoms with van der Waals surface area (Å²) >= 11 is 0. The number of carbonyl (C=O) groups is 2. The van der Waals surface area contributed by atoms with E-state index < -0.39 is 42.1 Å². The zero-order chi connectivity index (χ0) is 36.8. The first-order valence-corrected chi connectivity index (χ1v) is 19.2. The molecule has 2 aromatic rings. The maximum atomic E-state index is 14.7. The Morgan fingerprint density at radius 2 is 1.38 bits per heavy atom. The van der Waals surface area contributed by atoms with Crippen LogP contribution in [0.2, 0.25) is 0 Å². The van der Waals surface area contributed by atoms with Crippen LogP contribution in [0.3, 0.4) is 0 Å². The van der Waals surface area contributed by atoms with Crippen molar-refractivity contribution in [3.8, 4) is 0 Å². The summed E-state index contributed by atoms with van der Waals surface area (Å²) in [6, 6.07) is 17.9. The molecular weight excluding hydrogens is 664 g/mol. The standard InChI is InChI=1S/C40H60N4O8/c1-40(2,3)50-38(46)43-34(24-29-14-6-4-7-15-29)37(27-42-52-33-20-12-13-21-33)49-39(47)44(31-22-23-48-28-31)35(25-30-16-8-5-9-17-30)36(45)26-41-51-32-18-10-11-19-32/h4-9,14-17,31-37,41-42,45H,10-13,18-28H2,1-3H3,(H,43,46)/t31-,34?,35-,36-,37?/m0/s1. The molecule has 12 heteroatoms. The van der Waals surface area contributed by atoms with Crippen molar-refractivity contribution in [3.05, 3.63) is 71.8 Å². The Bertz CT molecular complexity index is 1330. The SMILES string of the molecule is CC(C)(C)OC(=O)NC(Cc1ccccc1)C(CNOC1CCCC1)OC(=O)N([C@H]1CCOC1)[C@@H](Cc1ccccc1)[C@@H](O)CNOC1CCCC1. The van der Waals surface area contributed by atoms with Crippen LogP contribution in [0.5, 0.6) is 0 Å². The highest BCUT2D eigenvalue weighted by atomic mass is 16.7. The van der Waals surface area contributed by atoms with E-state index in [9.17, 15) is 14.7 Å². The lowest BCUT2D eigenvalue weighted by Crippen LogP contribution is -2.58. The molecule has 0 radical (unpaired) electrons. The first kappa shape index (κ1) is 39.9. The van der Waals surface area contributed by atoms with Crippen molar-refractivity contribution in [2.75, 3.05) is 26.3 Å². The fraction of sp³-hybridized carbons (Fsp3) is 0.650. The fourth-order valence-electron chi connectivity index (χ4n) is 7.28. The van der Waals surface area contributed by atoms with E-state index in [0.29, 0.717) is 32.5 Å². The van der Waals surface area contributed by atoms with Crippen LogP contribution >= 0.6 is 0 Å². The molecule has 2 aliphatic carbocycles. The molecule has 52 heavy (non-hydrogen) atoms. The number of hydrogen-bond donors (Lipinski definition) is 4. The van der Waals surface area contributed by atoms with Gasteiger partial charge in [0.15, 0.2) is 0 Å². The lowest BCUT2D eigenvalue weighted by molar-refractivity contribution is -0.0639. The van der Waals surface area contributed by atoms with Crippen LogP contribution in [0.15, 0.2) is 60.7 Å². The summed E-state index contributed by atoms with van der Waals surface area (Å²) < 4.78 is 17.9. The van der Waals surface area contributed by atoms with Gasteiger partial charge in [0.2, 0.25) is 0 Å². The third kappa shape index (κ3) is 13.0. The minimum absolute atomic E-state index is 0.0687. The lowest BCUT2D eigenvalue weighted by Gasteiger charge is -2.39. The van der Waals surface area contributed by atoms with Crippen LogP contribution < -0.4 is 16.3 Å². The zero-order valence-corrected chi connectivity index (χ0v) is 31.2. The molecule has 3 aliphatic rings. The molecule has 1 aliphatic heterocycles. The molecule has 2 unspecified atom stereocenters.